The minimum Gasteiger partial charge on any atom is -0.350 e. The van der Waals surface area contributed by atoms with Crippen molar-refractivity contribution in [3.63, 3.8) is 0 Å². The SMILES string of the molecule is CCC(C)NC(=O)c1ccc(-c2ccccc2)nc1. The Morgan fingerprint density at radius 1 is 1.21 bits per heavy atom. The number of pyridine rings is 1. The Bertz CT molecular complexity index is 534. The van der Waals surface area contributed by atoms with E-state index < -0.39 is 0 Å². The highest BCUT2D eigenvalue weighted by molar-refractivity contribution is 5.94. The average molecular weight is 254 g/mol. The molecule has 0 aliphatic heterocycles. The van der Waals surface area contributed by atoms with Crippen LogP contribution in [0.2, 0.25) is 0 Å². The van der Waals surface area contributed by atoms with E-state index in [2.05, 4.69) is 10.3 Å². The number of carbonyl (C=O) groups excluding carboxylic acids is 1. The number of nitrogens with zero attached hydrogens (tertiary/aromatic N) is 1. The minimum absolute atomic E-state index is 0.0681. The van der Waals surface area contributed by atoms with Crippen LogP contribution in [-0.2, 0) is 0 Å². The lowest BCUT2D eigenvalue weighted by Gasteiger charge is -2.11. The molecule has 0 aliphatic carbocycles. The van der Waals surface area contributed by atoms with Crippen molar-refractivity contribution in [3.05, 3.63) is 54.2 Å². The molecule has 98 valence electrons. The van der Waals surface area contributed by atoms with E-state index >= 15 is 0 Å². The van der Waals surface area contributed by atoms with Gasteiger partial charge in [0.25, 0.3) is 5.91 Å². The smallest absolute Gasteiger partial charge is 0.253 e. The molecule has 0 saturated carbocycles. The van der Waals surface area contributed by atoms with Crippen molar-refractivity contribution in [2.24, 2.45) is 0 Å². The van der Waals surface area contributed by atoms with Gasteiger partial charge in [0.2, 0.25) is 0 Å². The maximum Gasteiger partial charge on any atom is 0.253 e. The Kier molecular flexibility index (Phi) is 4.29. The van der Waals surface area contributed by atoms with Crippen LogP contribution in [0.15, 0.2) is 48.7 Å². The number of carbonyl (C=O) groups is 1. The zero-order valence-corrected chi connectivity index (χ0v) is 11.3. The first kappa shape index (κ1) is 13.3. The molecule has 19 heavy (non-hydrogen) atoms. The van der Waals surface area contributed by atoms with Gasteiger partial charge in [-0.15, -0.1) is 0 Å². The molecular formula is C16H18N2O. The zero-order valence-electron chi connectivity index (χ0n) is 11.3. The van der Waals surface area contributed by atoms with Gasteiger partial charge in [0.1, 0.15) is 0 Å². The predicted octanol–water partition coefficient (Wildman–Crippen LogP) is 3.28. The van der Waals surface area contributed by atoms with E-state index in [0.29, 0.717) is 5.56 Å². The van der Waals surface area contributed by atoms with Gasteiger partial charge >= 0.3 is 0 Å². The van der Waals surface area contributed by atoms with Crippen molar-refractivity contribution < 1.29 is 4.79 Å². The summed E-state index contributed by atoms with van der Waals surface area (Å²) in [5.41, 5.74) is 2.53. The summed E-state index contributed by atoms with van der Waals surface area (Å²) in [5.74, 6) is -0.0681. The number of aromatic nitrogens is 1. The van der Waals surface area contributed by atoms with Gasteiger partial charge in [-0.1, -0.05) is 37.3 Å². The van der Waals surface area contributed by atoms with Crippen LogP contribution >= 0.6 is 0 Å². The Hall–Kier alpha value is -2.16. The van der Waals surface area contributed by atoms with Crippen LogP contribution in [0, 0.1) is 0 Å². The summed E-state index contributed by atoms with van der Waals surface area (Å²) in [5, 5.41) is 2.93. The maximum absolute atomic E-state index is 11.9. The van der Waals surface area contributed by atoms with Gasteiger partial charge in [0.15, 0.2) is 0 Å². The lowest BCUT2D eigenvalue weighted by Crippen LogP contribution is -2.31. The fourth-order valence-corrected chi connectivity index (χ4v) is 1.72. The first-order valence-corrected chi connectivity index (χ1v) is 6.53. The third-order valence-electron chi connectivity index (χ3n) is 3.09. The second kappa shape index (κ2) is 6.14. The first-order valence-electron chi connectivity index (χ1n) is 6.53. The van der Waals surface area contributed by atoms with Crippen LogP contribution in [0.4, 0.5) is 0 Å². The number of benzene rings is 1. The molecule has 1 N–H and O–H groups in total. The van der Waals surface area contributed by atoms with Crippen molar-refractivity contribution in [1.29, 1.82) is 0 Å². The molecule has 1 unspecified atom stereocenters. The number of rotatable bonds is 4. The molecular weight excluding hydrogens is 236 g/mol. The summed E-state index contributed by atoms with van der Waals surface area (Å²) in [4.78, 5) is 16.3. The van der Waals surface area contributed by atoms with Crippen LogP contribution in [0.3, 0.4) is 0 Å². The third-order valence-corrected chi connectivity index (χ3v) is 3.09. The zero-order chi connectivity index (χ0) is 13.7. The first-order chi connectivity index (χ1) is 9.20. The van der Waals surface area contributed by atoms with E-state index in [4.69, 9.17) is 0 Å². The molecule has 1 heterocycles. The topological polar surface area (TPSA) is 42.0 Å². The van der Waals surface area contributed by atoms with Crippen molar-refractivity contribution in [2.45, 2.75) is 26.3 Å². The van der Waals surface area contributed by atoms with Crippen LogP contribution in [-0.4, -0.2) is 16.9 Å². The Labute approximate surface area is 113 Å². The van der Waals surface area contributed by atoms with Crippen molar-refractivity contribution in [2.75, 3.05) is 0 Å². The minimum atomic E-state index is -0.0681. The van der Waals surface area contributed by atoms with E-state index in [1.165, 1.54) is 0 Å². The molecule has 3 heteroatoms. The van der Waals surface area contributed by atoms with Gasteiger partial charge in [-0.25, -0.2) is 0 Å². The number of nitrogens with one attached hydrogen (secondary N) is 1. The average Bonchev–Trinajstić information content (AvgIpc) is 2.48. The van der Waals surface area contributed by atoms with E-state index in [1.807, 2.05) is 56.3 Å². The van der Waals surface area contributed by atoms with Gasteiger partial charge in [-0.05, 0) is 25.5 Å². The molecule has 2 aromatic rings. The van der Waals surface area contributed by atoms with Gasteiger partial charge in [0.05, 0.1) is 11.3 Å². The second-order valence-corrected chi connectivity index (χ2v) is 4.58. The molecule has 1 aromatic carbocycles. The fraction of sp³-hybridized carbons (Fsp3) is 0.250. The fourth-order valence-electron chi connectivity index (χ4n) is 1.72. The largest absolute Gasteiger partial charge is 0.350 e. The Morgan fingerprint density at radius 2 is 1.95 bits per heavy atom. The monoisotopic (exact) mass is 254 g/mol. The lowest BCUT2D eigenvalue weighted by molar-refractivity contribution is 0.0939. The standard InChI is InChI=1S/C16H18N2O/c1-3-12(2)18-16(19)14-9-10-15(17-11-14)13-7-5-4-6-8-13/h4-12H,3H2,1-2H3,(H,18,19). The molecule has 1 amide bonds. The molecule has 0 spiro atoms. The van der Waals surface area contributed by atoms with Gasteiger partial charge < -0.3 is 5.32 Å². The molecule has 1 aromatic heterocycles. The van der Waals surface area contributed by atoms with Crippen LogP contribution < -0.4 is 5.32 Å². The van der Waals surface area contributed by atoms with Crippen LogP contribution in [0.5, 0.6) is 0 Å². The van der Waals surface area contributed by atoms with Crippen molar-refractivity contribution >= 4 is 5.91 Å². The van der Waals surface area contributed by atoms with E-state index in [9.17, 15) is 4.79 Å². The Balaban J connectivity index is 2.13. The summed E-state index contributed by atoms with van der Waals surface area (Å²) in [6.07, 6.45) is 2.54. The second-order valence-electron chi connectivity index (χ2n) is 4.58. The molecule has 1 atom stereocenters. The molecule has 0 bridgehead atoms. The summed E-state index contributed by atoms with van der Waals surface area (Å²) in [6.45, 7) is 4.03. The molecule has 0 radical (unpaired) electrons. The van der Waals surface area contributed by atoms with Crippen molar-refractivity contribution in [3.8, 4) is 11.3 Å². The summed E-state index contributed by atoms with van der Waals surface area (Å²) >= 11 is 0. The quantitative estimate of drug-likeness (QED) is 0.909. The third kappa shape index (κ3) is 3.41. The normalized spacial score (nSPS) is 11.9. The summed E-state index contributed by atoms with van der Waals surface area (Å²) in [6, 6.07) is 13.8. The summed E-state index contributed by atoms with van der Waals surface area (Å²) < 4.78 is 0. The van der Waals surface area contributed by atoms with E-state index in [1.54, 1.807) is 6.20 Å². The van der Waals surface area contributed by atoms with Gasteiger partial charge in [-0.2, -0.15) is 0 Å². The Morgan fingerprint density at radius 3 is 2.53 bits per heavy atom. The number of hydrogen-bond donors (Lipinski definition) is 1. The highest BCUT2D eigenvalue weighted by Crippen LogP contribution is 2.16. The van der Waals surface area contributed by atoms with E-state index in [0.717, 1.165) is 17.7 Å². The van der Waals surface area contributed by atoms with Crippen LogP contribution in [0.1, 0.15) is 30.6 Å². The molecule has 0 saturated heterocycles. The predicted molar refractivity (Wildman–Crippen MR) is 76.9 cm³/mol. The molecule has 0 aliphatic rings. The number of amides is 1. The van der Waals surface area contributed by atoms with Crippen LogP contribution in [0.25, 0.3) is 11.3 Å². The maximum atomic E-state index is 11.9. The highest BCUT2D eigenvalue weighted by atomic mass is 16.1. The lowest BCUT2D eigenvalue weighted by atomic mass is 10.1. The van der Waals surface area contributed by atoms with Gasteiger partial charge in [0, 0.05) is 17.8 Å². The van der Waals surface area contributed by atoms with E-state index in [-0.39, 0.29) is 11.9 Å². The summed E-state index contributed by atoms with van der Waals surface area (Å²) in [7, 11) is 0. The van der Waals surface area contributed by atoms with Gasteiger partial charge in [-0.3, -0.25) is 9.78 Å². The van der Waals surface area contributed by atoms with Crippen molar-refractivity contribution in [1.82, 2.24) is 10.3 Å². The molecule has 3 nitrogen and oxygen atoms in total. The molecule has 2 rings (SSSR count). The highest BCUT2D eigenvalue weighted by Gasteiger charge is 2.09. The number of hydrogen-bond acceptors (Lipinski definition) is 2. The molecule has 0 fully saturated rings.